The molecule has 10 heteroatoms. The molecule has 3 rings (SSSR count). The van der Waals surface area contributed by atoms with Crippen molar-refractivity contribution in [3.05, 3.63) is 24.0 Å². The van der Waals surface area contributed by atoms with Gasteiger partial charge in [0.05, 0.1) is 5.69 Å². The van der Waals surface area contributed by atoms with Crippen LogP contribution in [0.15, 0.2) is 23.1 Å². The van der Waals surface area contributed by atoms with E-state index in [1.165, 1.54) is 4.90 Å². The van der Waals surface area contributed by atoms with Crippen LogP contribution in [0.25, 0.3) is 0 Å². The average molecular weight is 436 g/mol. The molecule has 0 spiro atoms. The quantitative estimate of drug-likeness (QED) is 0.680. The monoisotopic (exact) mass is 436 g/mol. The Morgan fingerprint density at radius 3 is 2.34 bits per heavy atom. The first kappa shape index (κ1) is 21.9. The third-order valence-corrected chi connectivity index (χ3v) is 7.19. The number of hydrogen-bond acceptors (Lipinski definition) is 4. The van der Waals surface area contributed by atoms with Crippen LogP contribution in [0.4, 0.5) is 23.2 Å². The lowest BCUT2D eigenvalue weighted by atomic mass is 9.92. The summed E-state index contributed by atoms with van der Waals surface area (Å²) < 4.78 is 76.4. The van der Waals surface area contributed by atoms with Gasteiger partial charge >= 0.3 is 5.51 Å². The van der Waals surface area contributed by atoms with Gasteiger partial charge in [-0.05, 0) is 49.8 Å². The maximum absolute atomic E-state index is 13.5. The maximum Gasteiger partial charge on any atom is 0.501 e. The minimum absolute atomic E-state index is 0.0541. The molecule has 1 amide bonds. The van der Waals surface area contributed by atoms with E-state index in [-0.39, 0.29) is 30.6 Å². The highest BCUT2D eigenvalue weighted by atomic mass is 32.2. The molecule has 0 saturated carbocycles. The van der Waals surface area contributed by atoms with Gasteiger partial charge in [-0.3, -0.25) is 4.79 Å². The van der Waals surface area contributed by atoms with Gasteiger partial charge in [0.2, 0.25) is 5.91 Å². The SMILES string of the molecule is CC1CCCN(C(=O)C2CCN(c3ccc(F)cc3S(=O)(=O)C(F)(F)F)CC2)C1. The molecule has 29 heavy (non-hydrogen) atoms. The van der Waals surface area contributed by atoms with E-state index in [4.69, 9.17) is 0 Å². The topological polar surface area (TPSA) is 57.7 Å². The first-order chi connectivity index (χ1) is 13.5. The first-order valence-electron chi connectivity index (χ1n) is 9.65. The highest BCUT2D eigenvalue weighted by Gasteiger charge is 2.48. The number of nitrogens with zero attached hydrogens (tertiary/aromatic N) is 2. The zero-order chi connectivity index (χ0) is 21.4. The van der Waals surface area contributed by atoms with E-state index in [9.17, 15) is 30.8 Å². The lowest BCUT2D eigenvalue weighted by molar-refractivity contribution is -0.137. The number of alkyl halides is 3. The van der Waals surface area contributed by atoms with Crippen molar-refractivity contribution >= 4 is 21.4 Å². The van der Waals surface area contributed by atoms with E-state index in [2.05, 4.69) is 6.92 Å². The van der Waals surface area contributed by atoms with E-state index in [1.807, 2.05) is 4.90 Å². The molecule has 1 atom stereocenters. The molecule has 2 saturated heterocycles. The van der Waals surface area contributed by atoms with Crippen LogP contribution in [0.1, 0.15) is 32.6 Å². The van der Waals surface area contributed by atoms with Gasteiger partial charge in [-0.1, -0.05) is 6.92 Å². The van der Waals surface area contributed by atoms with Crippen LogP contribution in [0, 0.1) is 17.7 Å². The number of carbonyl (C=O) groups excluding carboxylic acids is 1. The Hall–Kier alpha value is -1.84. The maximum atomic E-state index is 13.5. The fourth-order valence-electron chi connectivity index (χ4n) is 4.10. The second kappa shape index (κ2) is 8.12. The molecule has 1 aromatic carbocycles. The molecular weight excluding hydrogens is 412 g/mol. The predicted molar refractivity (Wildman–Crippen MR) is 99.6 cm³/mol. The summed E-state index contributed by atoms with van der Waals surface area (Å²) in [4.78, 5) is 15.0. The average Bonchev–Trinajstić information content (AvgIpc) is 2.66. The number of hydrogen-bond donors (Lipinski definition) is 0. The summed E-state index contributed by atoms with van der Waals surface area (Å²) in [7, 11) is -5.69. The number of halogens is 4. The Morgan fingerprint density at radius 1 is 1.10 bits per heavy atom. The summed E-state index contributed by atoms with van der Waals surface area (Å²) in [5.74, 6) is -0.791. The molecule has 2 heterocycles. The van der Waals surface area contributed by atoms with Crippen molar-refractivity contribution in [2.45, 2.75) is 43.0 Å². The number of benzene rings is 1. The molecule has 2 aliphatic rings. The van der Waals surface area contributed by atoms with Crippen molar-refractivity contribution in [1.29, 1.82) is 0 Å². The lowest BCUT2D eigenvalue weighted by Crippen LogP contribution is -2.46. The summed E-state index contributed by atoms with van der Waals surface area (Å²) in [6.45, 7) is 3.98. The smallest absolute Gasteiger partial charge is 0.370 e. The lowest BCUT2D eigenvalue weighted by Gasteiger charge is -2.38. The van der Waals surface area contributed by atoms with Gasteiger partial charge in [-0.25, -0.2) is 12.8 Å². The Balaban J connectivity index is 1.75. The van der Waals surface area contributed by atoms with Crippen molar-refractivity contribution < 1.29 is 30.8 Å². The molecule has 1 aromatic rings. The summed E-state index contributed by atoms with van der Waals surface area (Å²) >= 11 is 0. The third kappa shape index (κ3) is 4.51. The van der Waals surface area contributed by atoms with Gasteiger partial charge in [-0.15, -0.1) is 0 Å². The van der Waals surface area contributed by atoms with E-state index in [1.54, 1.807) is 0 Å². The Bertz CT molecular complexity index is 865. The van der Waals surface area contributed by atoms with Gasteiger partial charge in [0, 0.05) is 32.1 Å². The molecule has 2 aliphatic heterocycles. The summed E-state index contributed by atoms with van der Waals surface area (Å²) in [6.07, 6.45) is 2.86. The van der Waals surface area contributed by atoms with Crippen LogP contribution in [-0.4, -0.2) is 50.9 Å². The van der Waals surface area contributed by atoms with E-state index in [0.29, 0.717) is 31.4 Å². The third-order valence-electron chi connectivity index (χ3n) is 5.67. The molecule has 162 valence electrons. The van der Waals surface area contributed by atoms with Crippen molar-refractivity contribution in [3.63, 3.8) is 0 Å². The first-order valence-corrected chi connectivity index (χ1v) is 11.1. The minimum atomic E-state index is -5.69. The summed E-state index contributed by atoms with van der Waals surface area (Å²) in [5, 5.41) is 0. The highest BCUT2D eigenvalue weighted by molar-refractivity contribution is 7.92. The molecule has 0 bridgehead atoms. The zero-order valence-electron chi connectivity index (χ0n) is 16.1. The van der Waals surface area contributed by atoms with Crippen LogP contribution in [0.3, 0.4) is 0 Å². The number of piperidine rings is 2. The number of likely N-dealkylation sites (tertiary alicyclic amines) is 1. The molecule has 1 unspecified atom stereocenters. The van der Waals surface area contributed by atoms with Crippen LogP contribution >= 0.6 is 0 Å². The van der Waals surface area contributed by atoms with Crippen LogP contribution in [0.2, 0.25) is 0 Å². The molecule has 0 N–H and O–H groups in total. The normalized spacial score (nSPS) is 22.0. The molecule has 0 aliphatic carbocycles. The highest BCUT2D eigenvalue weighted by Crippen LogP contribution is 2.37. The molecule has 0 aromatic heterocycles. The second-order valence-electron chi connectivity index (χ2n) is 7.85. The molecule has 5 nitrogen and oxygen atoms in total. The predicted octanol–water partition coefficient (Wildman–Crippen LogP) is 3.59. The minimum Gasteiger partial charge on any atom is -0.370 e. The molecule has 0 radical (unpaired) electrons. The standard InChI is InChI=1S/C19H24F4N2O3S/c1-13-3-2-8-25(12-13)18(26)14-6-9-24(10-7-14)16-5-4-15(20)11-17(16)29(27,28)19(21,22)23/h4-5,11,13-14H,2-3,6-10,12H2,1H3. The van der Waals surface area contributed by atoms with Crippen LogP contribution in [-0.2, 0) is 14.6 Å². The Labute approximate surface area is 167 Å². The van der Waals surface area contributed by atoms with Crippen LogP contribution < -0.4 is 4.90 Å². The fraction of sp³-hybridized carbons (Fsp3) is 0.632. The number of amides is 1. The van der Waals surface area contributed by atoms with Crippen molar-refractivity contribution in [3.8, 4) is 0 Å². The fourth-order valence-corrected chi connectivity index (χ4v) is 5.09. The summed E-state index contributed by atoms with van der Waals surface area (Å²) in [5.41, 5.74) is -5.70. The molecular formula is C19H24F4N2O3S. The van der Waals surface area contributed by atoms with Gasteiger partial charge in [-0.2, -0.15) is 13.2 Å². The number of carbonyl (C=O) groups is 1. The van der Waals surface area contributed by atoms with Crippen molar-refractivity contribution in [1.82, 2.24) is 4.90 Å². The second-order valence-corrected chi connectivity index (χ2v) is 9.76. The number of anilines is 1. The number of sulfone groups is 1. The summed E-state index contributed by atoms with van der Waals surface area (Å²) in [6, 6.07) is 2.41. The Kier molecular flexibility index (Phi) is 6.12. The van der Waals surface area contributed by atoms with E-state index >= 15 is 0 Å². The van der Waals surface area contributed by atoms with Gasteiger partial charge in [0.15, 0.2) is 0 Å². The Morgan fingerprint density at radius 2 is 1.76 bits per heavy atom. The van der Waals surface area contributed by atoms with Gasteiger partial charge in [0.25, 0.3) is 9.84 Å². The largest absolute Gasteiger partial charge is 0.501 e. The van der Waals surface area contributed by atoms with Crippen molar-refractivity contribution in [2.24, 2.45) is 11.8 Å². The number of rotatable bonds is 3. The van der Waals surface area contributed by atoms with E-state index in [0.717, 1.165) is 31.5 Å². The molecule has 2 fully saturated rings. The zero-order valence-corrected chi connectivity index (χ0v) is 16.9. The van der Waals surface area contributed by atoms with Crippen LogP contribution in [0.5, 0.6) is 0 Å². The van der Waals surface area contributed by atoms with Gasteiger partial charge < -0.3 is 9.80 Å². The van der Waals surface area contributed by atoms with E-state index < -0.39 is 26.1 Å². The van der Waals surface area contributed by atoms with Crippen molar-refractivity contribution in [2.75, 3.05) is 31.1 Å². The van der Waals surface area contributed by atoms with Gasteiger partial charge in [0.1, 0.15) is 10.7 Å².